The summed E-state index contributed by atoms with van der Waals surface area (Å²) >= 11 is 6.00. The van der Waals surface area contributed by atoms with E-state index in [2.05, 4.69) is 27.1 Å². The van der Waals surface area contributed by atoms with Gasteiger partial charge >= 0.3 is 0 Å². The number of guanidine groups is 1. The summed E-state index contributed by atoms with van der Waals surface area (Å²) in [6, 6.07) is 7.00. The van der Waals surface area contributed by atoms with E-state index in [-0.39, 0.29) is 5.91 Å². The molecule has 2 N–H and O–H groups in total. The second-order valence-electron chi connectivity index (χ2n) is 5.06. The van der Waals surface area contributed by atoms with Gasteiger partial charge in [0.15, 0.2) is 5.96 Å². The van der Waals surface area contributed by atoms with Crippen molar-refractivity contribution in [2.24, 2.45) is 4.99 Å². The van der Waals surface area contributed by atoms with E-state index in [0.29, 0.717) is 23.7 Å². The van der Waals surface area contributed by atoms with Crippen molar-refractivity contribution in [1.82, 2.24) is 15.5 Å². The lowest BCUT2D eigenvalue weighted by Gasteiger charge is -2.21. The quantitative estimate of drug-likeness (QED) is 0.332. The number of hydrogen-bond acceptors (Lipinski definition) is 2. The minimum atomic E-state index is -0.174. The van der Waals surface area contributed by atoms with Gasteiger partial charge in [0.05, 0.1) is 10.6 Å². The summed E-state index contributed by atoms with van der Waals surface area (Å²) in [5.74, 6) is 0.632. The Morgan fingerprint density at radius 3 is 2.70 bits per heavy atom. The first-order chi connectivity index (χ1) is 11.1. The summed E-state index contributed by atoms with van der Waals surface area (Å²) in [4.78, 5) is 18.3. The molecule has 0 unspecified atom stereocenters. The van der Waals surface area contributed by atoms with Crippen LogP contribution in [0.15, 0.2) is 41.9 Å². The van der Waals surface area contributed by atoms with Crippen LogP contribution in [-0.4, -0.2) is 50.5 Å². The number of carbonyl (C=O) groups excluding carboxylic acids is 1. The van der Waals surface area contributed by atoms with Gasteiger partial charge in [-0.15, -0.1) is 6.58 Å². The molecule has 0 heterocycles. The molecule has 1 amide bonds. The Kier molecular flexibility index (Phi) is 8.83. The summed E-state index contributed by atoms with van der Waals surface area (Å²) in [6.07, 6.45) is 3.92. The summed E-state index contributed by atoms with van der Waals surface area (Å²) in [6.45, 7) is 5.70. The molecule has 0 bridgehead atoms. The molecule has 1 rings (SSSR count). The topological polar surface area (TPSA) is 56.7 Å². The molecule has 0 atom stereocenters. The molecule has 0 saturated carbocycles. The maximum Gasteiger partial charge on any atom is 0.252 e. The molecule has 0 aromatic heterocycles. The van der Waals surface area contributed by atoms with Crippen LogP contribution in [0, 0.1) is 0 Å². The van der Waals surface area contributed by atoms with Crippen LogP contribution in [0.1, 0.15) is 23.2 Å². The zero-order chi connectivity index (χ0) is 17.1. The molecule has 0 aliphatic rings. The average Bonchev–Trinajstić information content (AvgIpc) is 2.55. The highest BCUT2D eigenvalue weighted by Gasteiger charge is 2.09. The monoisotopic (exact) mass is 336 g/mol. The van der Waals surface area contributed by atoms with Gasteiger partial charge in [-0.25, -0.2) is 0 Å². The van der Waals surface area contributed by atoms with Gasteiger partial charge in [0.1, 0.15) is 0 Å². The number of amides is 1. The third-order valence-electron chi connectivity index (χ3n) is 3.29. The fourth-order valence-electron chi connectivity index (χ4n) is 2.05. The highest BCUT2D eigenvalue weighted by molar-refractivity contribution is 6.33. The van der Waals surface area contributed by atoms with E-state index >= 15 is 0 Å². The van der Waals surface area contributed by atoms with Gasteiger partial charge in [0, 0.05) is 33.7 Å². The van der Waals surface area contributed by atoms with Crippen molar-refractivity contribution in [3.8, 4) is 0 Å². The van der Waals surface area contributed by atoms with E-state index in [1.807, 2.05) is 13.1 Å². The molecule has 0 saturated heterocycles. The molecule has 0 radical (unpaired) electrons. The first kappa shape index (κ1) is 19.0. The maximum atomic E-state index is 12.0. The van der Waals surface area contributed by atoms with Gasteiger partial charge in [-0.2, -0.15) is 0 Å². The minimum absolute atomic E-state index is 0.174. The predicted molar refractivity (Wildman–Crippen MR) is 97.2 cm³/mol. The van der Waals surface area contributed by atoms with Crippen LogP contribution in [0.3, 0.4) is 0 Å². The molecule has 5 nitrogen and oxygen atoms in total. The molecule has 1 aromatic carbocycles. The van der Waals surface area contributed by atoms with Crippen molar-refractivity contribution < 1.29 is 4.79 Å². The standard InChI is InChI=1S/C17H25ClN4O/c1-4-5-8-13-22(3)17(19-2)21-12-11-20-16(23)14-9-6-7-10-15(14)18/h4,6-7,9-10H,1,5,8,11-13H2,2-3H3,(H,19,21)(H,20,23). The zero-order valence-corrected chi connectivity index (χ0v) is 14.6. The number of hydrogen-bond donors (Lipinski definition) is 2. The Labute approximate surface area is 143 Å². The Hall–Kier alpha value is -2.01. The van der Waals surface area contributed by atoms with E-state index in [4.69, 9.17) is 11.6 Å². The highest BCUT2D eigenvalue weighted by atomic mass is 35.5. The first-order valence-corrected chi connectivity index (χ1v) is 8.03. The molecule has 0 aliphatic carbocycles. The van der Waals surface area contributed by atoms with Crippen LogP contribution in [-0.2, 0) is 0 Å². The molecule has 6 heteroatoms. The van der Waals surface area contributed by atoms with Gasteiger partial charge in [0.25, 0.3) is 5.91 Å². The number of unbranched alkanes of at least 4 members (excludes halogenated alkanes) is 1. The van der Waals surface area contributed by atoms with E-state index in [1.54, 1.807) is 31.3 Å². The highest BCUT2D eigenvalue weighted by Crippen LogP contribution is 2.14. The molecule has 0 spiro atoms. The number of nitrogens with zero attached hydrogens (tertiary/aromatic N) is 2. The van der Waals surface area contributed by atoms with Gasteiger partial charge in [0.2, 0.25) is 0 Å². The van der Waals surface area contributed by atoms with E-state index < -0.39 is 0 Å². The summed E-state index contributed by atoms with van der Waals surface area (Å²) in [5.41, 5.74) is 0.486. The Morgan fingerprint density at radius 1 is 1.35 bits per heavy atom. The number of rotatable bonds is 8. The lowest BCUT2D eigenvalue weighted by Crippen LogP contribution is -2.42. The second-order valence-corrected chi connectivity index (χ2v) is 5.47. The third kappa shape index (κ3) is 6.74. The molecule has 0 fully saturated rings. The van der Waals surface area contributed by atoms with Crippen molar-refractivity contribution in [3.63, 3.8) is 0 Å². The van der Waals surface area contributed by atoms with Crippen LogP contribution in [0.4, 0.5) is 0 Å². The fraction of sp³-hybridized carbons (Fsp3) is 0.412. The second kappa shape index (κ2) is 10.7. The third-order valence-corrected chi connectivity index (χ3v) is 3.62. The van der Waals surface area contributed by atoms with Crippen LogP contribution in [0.2, 0.25) is 5.02 Å². The number of halogens is 1. The van der Waals surface area contributed by atoms with Crippen molar-refractivity contribution in [2.75, 3.05) is 33.7 Å². The van der Waals surface area contributed by atoms with Gasteiger partial charge < -0.3 is 15.5 Å². The average molecular weight is 337 g/mol. The van der Waals surface area contributed by atoms with Crippen LogP contribution in [0.5, 0.6) is 0 Å². The van der Waals surface area contributed by atoms with E-state index in [9.17, 15) is 4.79 Å². The maximum absolute atomic E-state index is 12.0. The van der Waals surface area contributed by atoms with E-state index in [0.717, 1.165) is 25.3 Å². The summed E-state index contributed by atoms with van der Waals surface area (Å²) in [5, 5.41) is 6.51. The van der Waals surface area contributed by atoms with Crippen molar-refractivity contribution >= 4 is 23.5 Å². The Balaban J connectivity index is 2.34. The van der Waals surface area contributed by atoms with Gasteiger partial charge in [-0.1, -0.05) is 29.8 Å². The number of aliphatic imine (C=N–C) groups is 1. The number of allylic oxidation sites excluding steroid dienone is 1. The largest absolute Gasteiger partial charge is 0.354 e. The molecular weight excluding hydrogens is 312 g/mol. The molecular formula is C17H25ClN4O. The SMILES string of the molecule is C=CCCCN(C)C(=NC)NCCNC(=O)c1ccccc1Cl. The molecule has 23 heavy (non-hydrogen) atoms. The van der Waals surface area contributed by atoms with Crippen molar-refractivity contribution in [3.05, 3.63) is 47.5 Å². The van der Waals surface area contributed by atoms with Crippen LogP contribution >= 0.6 is 11.6 Å². The number of carbonyl (C=O) groups is 1. The lowest BCUT2D eigenvalue weighted by molar-refractivity contribution is 0.0954. The molecule has 1 aromatic rings. The molecule has 126 valence electrons. The van der Waals surface area contributed by atoms with E-state index in [1.165, 1.54) is 0 Å². The van der Waals surface area contributed by atoms with Crippen LogP contribution < -0.4 is 10.6 Å². The van der Waals surface area contributed by atoms with Crippen molar-refractivity contribution in [1.29, 1.82) is 0 Å². The van der Waals surface area contributed by atoms with Gasteiger partial charge in [-0.05, 0) is 25.0 Å². The minimum Gasteiger partial charge on any atom is -0.354 e. The van der Waals surface area contributed by atoms with Crippen molar-refractivity contribution in [2.45, 2.75) is 12.8 Å². The number of benzene rings is 1. The predicted octanol–water partition coefficient (Wildman–Crippen LogP) is 2.54. The van der Waals surface area contributed by atoms with Gasteiger partial charge in [-0.3, -0.25) is 9.79 Å². The summed E-state index contributed by atoms with van der Waals surface area (Å²) < 4.78 is 0. The molecule has 0 aliphatic heterocycles. The van der Waals surface area contributed by atoms with Crippen LogP contribution in [0.25, 0.3) is 0 Å². The smallest absolute Gasteiger partial charge is 0.252 e. The zero-order valence-electron chi connectivity index (χ0n) is 13.8. The normalized spacial score (nSPS) is 11.0. The summed E-state index contributed by atoms with van der Waals surface area (Å²) in [7, 11) is 3.73. The first-order valence-electron chi connectivity index (χ1n) is 7.65. The number of nitrogens with one attached hydrogen (secondary N) is 2. The lowest BCUT2D eigenvalue weighted by atomic mass is 10.2. The Bertz CT molecular complexity index is 545. The Morgan fingerprint density at radius 2 is 2.04 bits per heavy atom. The fourth-order valence-corrected chi connectivity index (χ4v) is 2.28.